The summed E-state index contributed by atoms with van der Waals surface area (Å²) in [5.74, 6) is 0.256. The Bertz CT molecular complexity index is 1430. The number of aromatic amines is 1. The average Bonchev–Trinajstić information content (AvgIpc) is 3.26. The average molecular weight is 388 g/mol. The quantitative estimate of drug-likeness (QED) is 0.403. The minimum absolute atomic E-state index is 0.0182. The van der Waals surface area contributed by atoms with Crippen LogP contribution in [0.5, 0.6) is 0 Å². The molecule has 2 N–H and O–H groups in total. The first kappa shape index (κ1) is 17.3. The van der Waals surface area contributed by atoms with E-state index in [0.717, 1.165) is 19.4 Å². The molecule has 4 heterocycles. The second kappa shape index (κ2) is 6.68. The van der Waals surface area contributed by atoms with Gasteiger partial charge in [0.1, 0.15) is 22.8 Å². The summed E-state index contributed by atoms with van der Waals surface area (Å²) in [5, 5.41) is 13.1. The van der Waals surface area contributed by atoms with Crippen molar-refractivity contribution in [3.8, 4) is 6.07 Å². The Morgan fingerprint density at radius 1 is 1.34 bits per heavy atom. The molecule has 1 unspecified atom stereocenters. The van der Waals surface area contributed by atoms with Gasteiger partial charge in [0.15, 0.2) is 0 Å². The molecular weight excluding hydrogens is 372 g/mol. The minimum atomic E-state index is -0.545. The van der Waals surface area contributed by atoms with Crippen molar-refractivity contribution in [2.45, 2.75) is 18.9 Å². The van der Waals surface area contributed by atoms with Crippen molar-refractivity contribution in [2.75, 3.05) is 18.5 Å². The highest BCUT2D eigenvalue weighted by Gasteiger charge is 2.19. The van der Waals surface area contributed by atoms with Crippen molar-refractivity contribution in [3.63, 3.8) is 0 Å². The number of hydrogen-bond acceptors (Lipinski definition) is 7. The van der Waals surface area contributed by atoms with Crippen molar-refractivity contribution in [1.82, 2.24) is 19.4 Å². The maximum atomic E-state index is 13.1. The van der Waals surface area contributed by atoms with Crippen LogP contribution >= 0.6 is 0 Å². The molecule has 1 fully saturated rings. The summed E-state index contributed by atoms with van der Waals surface area (Å²) in [7, 11) is 0. The topological polar surface area (TPSA) is 125 Å². The third-order valence-electron chi connectivity index (χ3n) is 5.15. The molecular formula is C20H16N6O3. The zero-order chi connectivity index (χ0) is 20.0. The van der Waals surface area contributed by atoms with Crippen molar-refractivity contribution in [2.24, 2.45) is 0 Å². The van der Waals surface area contributed by atoms with E-state index in [-0.39, 0.29) is 39.9 Å². The fraction of sp³-hybridized carbons (Fsp3) is 0.250. The van der Waals surface area contributed by atoms with Crippen LogP contribution in [-0.4, -0.2) is 38.6 Å². The summed E-state index contributed by atoms with van der Waals surface area (Å²) >= 11 is 0. The standard InChI is InChI=1S/C20H16N6O3/c21-8-13-17(27)16-15(10-23-20(25-16)22-9-11-4-3-7-29-11)26-18(13)24-14-6-2-1-5-12(14)19(26)28/h1-2,5-6,10-11,24H,3-4,7,9H2,(H,22,23,25). The molecule has 5 rings (SSSR count). The lowest BCUT2D eigenvalue weighted by molar-refractivity contribution is 0.120. The summed E-state index contributed by atoms with van der Waals surface area (Å²) in [6, 6.07) is 8.85. The van der Waals surface area contributed by atoms with E-state index in [1.807, 2.05) is 6.07 Å². The number of pyridine rings is 1. The van der Waals surface area contributed by atoms with Gasteiger partial charge < -0.3 is 15.0 Å². The lowest BCUT2D eigenvalue weighted by Gasteiger charge is -2.12. The van der Waals surface area contributed by atoms with Gasteiger partial charge in [-0.25, -0.2) is 9.97 Å². The van der Waals surface area contributed by atoms with Crippen molar-refractivity contribution in [1.29, 1.82) is 5.26 Å². The maximum absolute atomic E-state index is 13.1. The van der Waals surface area contributed by atoms with Gasteiger partial charge in [0.25, 0.3) is 5.56 Å². The van der Waals surface area contributed by atoms with Crippen LogP contribution in [0.15, 0.2) is 40.1 Å². The monoisotopic (exact) mass is 388 g/mol. The predicted octanol–water partition coefficient (Wildman–Crippen LogP) is 1.55. The van der Waals surface area contributed by atoms with Crippen LogP contribution in [0.25, 0.3) is 27.6 Å². The third kappa shape index (κ3) is 2.73. The van der Waals surface area contributed by atoms with E-state index in [2.05, 4.69) is 20.3 Å². The highest BCUT2D eigenvalue weighted by Crippen LogP contribution is 2.17. The second-order valence-corrected chi connectivity index (χ2v) is 6.92. The molecule has 0 saturated carbocycles. The Morgan fingerprint density at radius 2 is 2.21 bits per heavy atom. The third-order valence-corrected chi connectivity index (χ3v) is 5.15. The smallest absolute Gasteiger partial charge is 0.266 e. The molecule has 0 aliphatic carbocycles. The van der Waals surface area contributed by atoms with Gasteiger partial charge in [-0.2, -0.15) is 5.26 Å². The van der Waals surface area contributed by atoms with Gasteiger partial charge in [0.2, 0.25) is 11.4 Å². The number of aromatic nitrogens is 4. The van der Waals surface area contributed by atoms with Gasteiger partial charge in [-0.3, -0.25) is 14.0 Å². The largest absolute Gasteiger partial charge is 0.376 e. The first-order valence-electron chi connectivity index (χ1n) is 9.29. The van der Waals surface area contributed by atoms with Crippen LogP contribution in [-0.2, 0) is 4.74 Å². The SMILES string of the molecule is N#Cc1c(=O)c2nc(NCC3CCCO3)ncc2n2c(=O)c3ccccc3[nH]c12. The molecule has 29 heavy (non-hydrogen) atoms. The van der Waals surface area contributed by atoms with E-state index in [1.54, 1.807) is 24.3 Å². The number of nitrogens with one attached hydrogen (secondary N) is 2. The van der Waals surface area contributed by atoms with E-state index < -0.39 is 5.43 Å². The number of nitrogens with zero attached hydrogens (tertiary/aromatic N) is 4. The molecule has 1 saturated heterocycles. The van der Waals surface area contributed by atoms with Gasteiger partial charge in [-0.05, 0) is 25.0 Å². The fourth-order valence-electron chi connectivity index (χ4n) is 3.72. The van der Waals surface area contributed by atoms with Crippen LogP contribution in [0.3, 0.4) is 0 Å². The molecule has 1 aliphatic rings. The van der Waals surface area contributed by atoms with Crippen LogP contribution in [0.2, 0.25) is 0 Å². The molecule has 0 radical (unpaired) electrons. The molecule has 3 aromatic heterocycles. The Hall–Kier alpha value is -3.77. The summed E-state index contributed by atoms with van der Waals surface area (Å²) in [4.78, 5) is 37.6. The molecule has 0 spiro atoms. The molecule has 144 valence electrons. The Labute approximate surface area is 163 Å². The summed E-state index contributed by atoms with van der Waals surface area (Å²) < 4.78 is 6.86. The molecule has 1 aliphatic heterocycles. The van der Waals surface area contributed by atoms with Crippen molar-refractivity contribution >= 4 is 33.5 Å². The summed E-state index contributed by atoms with van der Waals surface area (Å²) in [6.07, 6.45) is 3.48. The molecule has 0 amide bonds. The highest BCUT2D eigenvalue weighted by atomic mass is 16.5. The van der Waals surface area contributed by atoms with Crippen molar-refractivity contribution in [3.05, 3.63) is 56.6 Å². The summed E-state index contributed by atoms with van der Waals surface area (Å²) in [5.41, 5.74) is -0.108. The van der Waals surface area contributed by atoms with Gasteiger partial charge in [-0.1, -0.05) is 12.1 Å². The number of rotatable bonds is 3. The Morgan fingerprint density at radius 3 is 3.00 bits per heavy atom. The van der Waals surface area contributed by atoms with Crippen LogP contribution in [0, 0.1) is 11.3 Å². The van der Waals surface area contributed by atoms with E-state index >= 15 is 0 Å². The first-order chi connectivity index (χ1) is 14.2. The zero-order valence-corrected chi connectivity index (χ0v) is 15.3. The number of para-hydroxylation sites is 1. The fourth-order valence-corrected chi connectivity index (χ4v) is 3.72. The number of anilines is 1. The Kier molecular flexibility index (Phi) is 4.00. The van der Waals surface area contributed by atoms with Crippen LogP contribution < -0.4 is 16.3 Å². The zero-order valence-electron chi connectivity index (χ0n) is 15.3. The van der Waals surface area contributed by atoms with E-state index in [1.165, 1.54) is 10.6 Å². The molecule has 4 aromatic rings. The Balaban J connectivity index is 1.75. The van der Waals surface area contributed by atoms with Gasteiger partial charge in [-0.15, -0.1) is 0 Å². The number of H-pyrrole nitrogens is 1. The highest BCUT2D eigenvalue weighted by molar-refractivity contribution is 5.86. The second-order valence-electron chi connectivity index (χ2n) is 6.92. The molecule has 0 bridgehead atoms. The van der Waals surface area contributed by atoms with Crippen LogP contribution in [0.1, 0.15) is 18.4 Å². The van der Waals surface area contributed by atoms with Gasteiger partial charge in [0.05, 0.1) is 28.7 Å². The number of nitriles is 1. The van der Waals surface area contributed by atoms with E-state index in [4.69, 9.17) is 4.74 Å². The maximum Gasteiger partial charge on any atom is 0.266 e. The normalized spacial score (nSPS) is 16.4. The number of ether oxygens (including phenoxy) is 1. The lowest BCUT2D eigenvalue weighted by Crippen LogP contribution is -2.24. The van der Waals surface area contributed by atoms with E-state index in [0.29, 0.717) is 17.4 Å². The van der Waals surface area contributed by atoms with Crippen LogP contribution in [0.4, 0.5) is 5.95 Å². The molecule has 1 aromatic carbocycles. The van der Waals surface area contributed by atoms with Gasteiger partial charge >= 0.3 is 0 Å². The number of hydrogen-bond donors (Lipinski definition) is 2. The summed E-state index contributed by atoms with van der Waals surface area (Å²) in [6.45, 7) is 1.26. The predicted molar refractivity (Wildman–Crippen MR) is 107 cm³/mol. The van der Waals surface area contributed by atoms with Gasteiger partial charge in [0, 0.05) is 13.2 Å². The lowest BCUT2D eigenvalue weighted by atomic mass is 10.2. The molecule has 9 heteroatoms. The molecule has 9 nitrogen and oxygen atoms in total. The minimum Gasteiger partial charge on any atom is -0.376 e. The van der Waals surface area contributed by atoms with Crippen molar-refractivity contribution < 1.29 is 4.74 Å². The molecule has 1 atom stereocenters. The van der Waals surface area contributed by atoms with E-state index in [9.17, 15) is 14.9 Å². The first-order valence-corrected chi connectivity index (χ1v) is 9.29. The number of benzene rings is 1. The number of fused-ring (bicyclic) bond motifs is 4.